The van der Waals surface area contributed by atoms with Gasteiger partial charge in [0.25, 0.3) is 0 Å². The summed E-state index contributed by atoms with van der Waals surface area (Å²) in [6, 6.07) is 0. The van der Waals surface area contributed by atoms with Gasteiger partial charge in [-0.05, 0) is 19.3 Å². The normalized spacial score (nSPS) is 16.1. The van der Waals surface area contributed by atoms with Gasteiger partial charge in [0, 0.05) is 11.8 Å². The van der Waals surface area contributed by atoms with E-state index >= 15 is 0 Å². The quantitative estimate of drug-likeness (QED) is 0.691. The van der Waals surface area contributed by atoms with Crippen LogP contribution < -0.4 is 0 Å². The fourth-order valence-corrected chi connectivity index (χ4v) is 1.98. The van der Waals surface area contributed by atoms with E-state index in [1.54, 1.807) is 11.3 Å². The first-order chi connectivity index (χ1) is 6.25. The molecule has 0 aliphatic heterocycles. The van der Waals surface area contributed by atoms with Crippen LogP contribution in [-0.4, -0.2) is 10.8 Å². The molecule has 1 saturated carbocycles. The van der Waals surface area contributed by atoms with E-state index in [-0.39, 0.29) is 5.78 Å². The first-order valence-electron chi connectivity index (χ1n) is 4.71. The summed E-state index contributed by atoms with van der Waals surface area (Å²) < 4.78 is 0. The SMILES string of the molecule is Cc1nc(C(=O)CCC2CC2)cs1. The second-order valence-corrected chi connectivity index (χ2v) is 4.72. The number of hydrogen-bond acceptors (Lipinski definition) is 3. The molecule has 0 unspecified atom stereocenters. The van der Waals surface area contributed by atoms with Crippen molar-refractivity contribution < 1.29 is 4.79 Å². The number of carbonyl (C=O) groups excluding carboxylic acids is 1. The van der Waals surface area contributed by atoms with Crippen molar-refractivity contribution in [2.45, 2.75) is 32.6 Å². The standard InChI is InChI=1S/C10H13NOS/c1-7-11-9(6-13-7)10(12)5-4-8-2-3-8/h6,8H,2-5H2,1H3. The Morgan fingerprint density at radius 2 is 2.46 bits per heavy atom. The molecule has 1 aromatic rings. The summed E-state index contributed by atoms with van der Waals surface area (Å²) in [5.41, 5.74) is 0.670. The Bertz CT molecular complexity index is 314. The third kappa shape index (κ3) is 2.37. The minimum absolute atomic E-state index is 0.219. The van der Waals surface area contributed by atoms with Crippen LogP contribution in [0.1, 0.15) is 41.2 Å². The minimum Gasteiger partial charge on any atom is -0.292 e. The number of Topliss-reactive ketones (excluding diaryl/α,β-unsaturated/α-hetero) is 1. The van der Waals surface area contributed by atoms with E-state index in [2.05, 4.69) is 4.98 Å². The summed E-state index contributed by atoms with van der Waals surface area (Å²) in [6.45, 7) is 1.93. The van der Waals surface area contributed by atoms with Gasteiger partial charge in [-0.25, -0.2) is 4.98 Å². The molecule has 13 heavy (non-hydrogen) atoms. The monoisotopic (exact) mass is 195 g/mol. The highest BCUT2D eigenvalue weighted by atomic mass is 32.1. The molecule has 1 aliphatic rings. The highest BCUT2D eigenvalue weighted by Crippen LogP contribution is 2.33. The van der Waals surface area contributed by atoms with Gasteiger partial charge in [0.05, 0.1) is 5.01 Å². The van der Waals surface area contributed by atoms with Crippen LogP contribution >= 0.6 is 11.3 Å². The predicted molar refractivity (Wildman–Crippen MR) is 53.1 cm³/mol. The van der Waals surface area contributed by atoms with Gasteiger partial charge in [0.1, 0.15) is 5.69 Å². The van der Waals surface area contributed by atoms with Crippen LogP contribution in [0.2, 0.25) is 0 Å². The van der Waals surface area contributed by atoms with E-state index in [1.807, 2.05) is 12.3 Å². The first-order valence-corrected chi connectivity index (χ1v) is 5.59. The average Bonchev–Trinajstić information content (AvgIpc) is 2.84. The third-order valence-electron chi connectivity index (χ3n) is 2.38. The Kier molecular flexibility index (Phi) is 2.44. The molecule has 0 saturated heterocycles. The zero-order valence-electron chi connectivity index (χ0n) is 7.75. The number of nitrogens with zero attached hydrogens (tertiary/aromatic N) is 1. The van der Waals surface area contributed by atoms with Crippen LogP contribution in [-0.2, 0) is 0 Å². The van der Waals surface area contributed by atoms with Crippen LogP contribution in [0.15, 0.2) is 5.38 Å². The number of carbonyl (C=O) groups is 1. The molecule has 3 heteroatoms. The molecule has 2 rings (SSSR count). The van der Waals surface area contributed by atoms with Crippen molar-refractivity contribution in [2.24, 2.45) is 5.92 Å². The first kappa shape index (κ1) is 8.88. The predicted octanol–water partition coefficient (Wildman–Crippen LogP) is 2.82. The van der Waals surface area contributed by atoms with Gasteiger partial charge in [-0.2, -0.15) is 0 Å². The van der Waals surface area contributed by atoms with E-state index in [0.717, 1.165) is 17.3 Å². The van der Waals surface area contributed by atoms with Crippen LogP contribution in [0.25, 0.3) is 0 Å². The summed E-state index contributed by atoms with van der Waals surface area (Å²) in [5, 5.41) is 2.85. The Hall–Kier alpha value is -0.700. The molecule has 1 aromatic heterocycles. The molecule has 0 spiro atoms. The molecule has 2 nitrogen and oxygen atoms in total. The lowest BCUT2D eigenvalue weighted by Crippen LogP contribution is -1.99. The maximum absolute atomic E-state index is 11.5. The van der Waals surface area contributed by atoms with E-state index in [1.165, 1.54) is 12.8 Å². The van der Waals surface area contributed by atoms with Gasteiger partial charge in [-0.15, -0.1) is 11.3 Å². The number of aryl methyl sites for hydroxylation is 1. The molecule has 0 radical (unpaired) electrons. The van der Waals surface area contributed by atoms with Crippen molar-refractivity contribution >= 4 is 17.1 Å². The average molecular weight is 195 g/mol. The van der Waals surface area contributed by atoms with Crippen LogP contribution in [0.3, 0.4) is 0 Å². The van der Waals surface area contributed by atoms with Crippen molar-refractivity contribution in [2.75, 3.05) is 0 Å². The van der Waals surface area contributed by atoms with Gasteiger partial charge < -0.3 is 0 Å². The van der Waals surface area contributed by atoms with Gasteiger partial charge >= 0.3 is 0 Å². The molecular formula is C10H13NOS. The van der Waals surface area contributed by atoms with Crippen molar-refractivity contribution in [1.29, 1.82) is 0 Å². The highest BCUT2D eigenvalue weighted by Gasteiger charge is 2.22. The van der Waals surface area contributed by atoms with Crippen molar-refractivity contribution in [3.8, 4) is 0 Å². The molecular weight excluding hydrogens is 182 g/mol. The molecule has 0 N–H and O–H groups in total. The lowest BCUT2D eigenvalue weighted by molar-refractivity contribution is 0.0974. The van der Waals surface area contributed by atoms with E-state index < -0.39 is 0 Å². The minimum atomic E-state index is 0.219. The Balaban J connectivity index is 1.88. The molecule has 0 bridgehead atoms. The summed E-state index contributed by atoms with van der Waals surface area (Å²) in [4.78, 5) is 15.7. The number of hydrogen-bond donors (Lipinski definition) is 0. The molecule has 0 aromatic carbocycles. The Morgan fingerprint density at radius 3 is 3.00 bits per heavy atom. The molecule has 1 aliphatic carbocycles. The summed E-state index contributed by atoms with van der Waals surface area (Å²) in [6.07, 6.45) is 4.40. The third-order valence-corrected chi connectivity index (χ3v) is 3.15. The molecule has 0 amide bonds. The summed E-state index contributed by atoms with van der Waals surface area (Å²) in [5.74, 6) is 1.06. The number of ketones is 1. The molecule has 0 atom stereocenters. The smallest absolute Gasteiger partial charge is 0.182 e. The van der Waals surface area contributed by atoms with Gasteiger partial charge in [-0.3, -0.25) is 4.79 Å². The largest absolute Gasteiger partial charge is 0.292 e. The lowest BCUT2D eigenvalue weighted by Gasteiger charge is -1.94. The fourth-order valence-electron chi connectivity index (χ4n) is 1.36. The fraction of sp³-hybridized carbons (Fsp3) is 0.600. The maximum Gasteiger partial charge on any atom is 0.182 e. The highest BCUT2D eigenvalue weighted by molar-refractivity contribution is 7.09. The number of thiazole rings is 1. The van der Waals surface area contributed by atoms with E-state index in [0.29, 0.717) is 12.1 Å². The topological polar surface area (TPSA) is 30.0 Å². The Morgan fingerprint density at radius 1 is 1.69 bits per heavy atom. The second kappa shape index (κ2) is 3.58. The zero-order valence-corrected chi connectivity index (χ0v) is 8.56. The van der Waals surface area contributed by atoms with Gasteiger partial charge in [-0.1, -0.05) is 12.8 Å². The number of aromatic nitrogens is 1. The van der Waals surface area contributed by atoms with Crippen molar-refractivity contribution in [3.05, 3.63) is 16.1 Å². The van der Waals surface area contributed by atoms with Crippen LogP contribution in [0.4, 0.5) is 0 Å². The van der Waals surface area contributed by atoms with Crippen molar-refractivity contribution in [3.63, 3.8) is 0 Å². The maximum atomic E-state index is 11.5. The zero-order chi connectivity index (χ0) is 9.26. The van der Waals surface area contributed by atoms with Crippen LogP contribution in [0, 0.1) is 12.8 Å². The van der Waals surface area contributed by atoms with E-state index in [9.17, 15) is 4.79 Å². The lowest BCUT2D eigenvalue weighted by atomic mass is 10.1. The molecule has 70 valence electrons. The summed E-state index contributed by atoms with van der Waals surface area (Å²) >= 11 is 1.55. The van der Waals surface area contributed by atoms with E-state index in [4.69, 9.17) is 0 Å². The summed E-state index contributed by atoms with van der Waals surface area (Å²) in [7, 11) is 0. The van der Waals surface area contributed by atoms with Crippen molar-refractivity contribution in [1.82, 2.24) is 4.98 Å². The van der Waals surface area contributed by atoms with Crippen LogP contribution in [0.5, 0.6) is 0 Å². The van der Waals surface area contributed by atoms with Gasteiger partial charge in [0.15, 0.2) is 5.78 Å². The number of rotatable bonds is 4. The molecule has 1 fully saturated rings. The van der Waals surface area contributed by atoms with Gasteiger partial charge in [0.2, 0.25) is 0 Å². The second-order valence-electron chi connectivity index (χ2n) is 3.66. The molecule has 1 heterocycles. The Labute approximate surface area is 82.0 Å².